The van der Waals surface area contributed by atoms with E-state index in [1.807, 2.05) is 24.3 Å². The van der Waals surface area contributed by atoms with Gasteiger partial charge < -0.3 is 4.90 Å². The second-order valence-electron chi connectivity index (χ2n) is 7.17. The molecule has 6 heteroatoms. The van der Waals surface area contributed by atoms with Crippen LogP contribution in [0.25, 0.3) is 10.6 Å². The number of thiazole rings is 1. The van der Waals surface area contributed by atoms with E-state index >= 15 is 0 Å². The molecular formula is C23H22N4OS. The van der Waals surface area contributed by atoms with Crippen LogP contribution in [0.5, 0.6) is 0 Å². The predicted octanol–water partition coefficient (Wildman–Crippen LogP) is 4.21. The molecule has 29 heavy (non-hydrogen) atoms. The lowest BCUT2D eigenvalue weighted by Gasteiger charge is -2.36. The highest BCUT2D eigenvalue weighted by molar-refractivity contribution is 7.13. The Labute approximate surface area is 174 Å². The fourth-order valence-corrected chi connectivity index (χ4v) is 4.39. The molecule has 4 rings (SSSR count). The molecule has 0 radical (unpaired) electrons. The highest BCUT2D eigenvalue weighted by Gasteiger charge is 2.21. The largest absolute Gasteiger partial charge is 0.368 e. The van der Waals surface area contributed by atoms with E-state index in [0.717, 1.165) is 54.7 Å². The zero-order chi connectivity index (χ0) is 20.2. The number of rotatable bonds is 5. The Morgan fingerprint density at radius 2 is 1.90 bits per heavy atom. The van der Waals surface area contributed by atoms with Crippen molar-refractivity contribution in [2.45, 2.75) is 13.5 Å². The van der Waals surface area contributed by atoms with Crippen molar-refractivity contribution in [1.29, 1.82) is 5.26 Å². The third-order valence-electron chi connectivity index (χ3n) is 5.20. The summed E-state index contributed by atoms with van der Waals surface area (Å²) in [5, 5.41) is 12.6. The topological polar surface area (TPSA) is 60.2 Å². The summed E-state index contributed by atoms with van der Waals surface area (Å²) in [5.74, 6) is 0.0205. The number of aromatic nitrogens is 1. The summed E-state index contributed by atoms with van der Waals surface area (Å²) in [4.78, 5) is 21.1. The summed E-state index contributed by atoms with van der Waals surface area (Å²) in [7, 11) is 0. The second kappa shape index (κ2) is 8.56. The van der Waals surface area contributed by atoms with E-state index in [-0.39, 0.29) is 5.78 Å². The van der Waals surface area contributed by atoms with Crippen LogP contribution in [-0.2, 0) is 6.54 Å². The van der Waals surface area contributed by atoms with Gasteiger partial charge in [-0.05, 0) is 25.1 Å². The van der Waals surface area contributed by atoms with Crippen LogP contribution in [0.15, 0.2) is 53.9 Å². The molecule has 2 heterocycles. The van der Waals surface area contributed by atoms with Gasteiger partial charge in [-0.1, -0.05) is 30.3 Å². The minimum Gasteiger partial charge on any atom is -0.368 e. The number of ketones is 1. The number of hydrogen-bond donors (Lipinski definition) is 0. The maximum Gasteiger partial charge on any atom is 0.159 e. The van der Waals surface area contributed by atoms with Crippen molar-refractivity contribution in [3.05, 3.63) is 70.7 Å². The smallest absolute Gasteiger partial charge is 0.159 e. The van der Waals surface area contributed by atoms with Gasteiger partial charge in [0.1, 0.15) is 11.1 Å². The van der Waals surface area contributed by atoms with E-state index in [4.69, 9.17) is 4.98 Å². The number of carbonyl (C=O) groups excluding carboxylic acids is 1. The standard InChI is InChI=1S/C23H22N4OS/c1-17(28)19-7-8-20(14-24)22(13-19)27-11-9-26(10-12-27)15-21-16-29-23(25-21)18-5-3-2-4-6-18/h2-8,13,16H,9-12,15H2,1H3. The first-order chi connectivity index (χ1) is 14.1. The fourth-order valence-electron chi connectivity index (χ4n) is 3.58. The van der Waals surface area contributed by atoms with Gasteiger partial charge in [0.05, 0.1) is 16.9 Å². The van der Waals surface area contributed by atoms with Crippen LogP contribution in [0, 0.1) is 11.3 Å². The lowest BCUT2D eigenvalue weighted by Crippen LogP contribution is -2.46. The van der Waals surface area contributed by atoms with Gasteiger partial charge >= 0.3 is 0 Å². The molecule has 146 valence electrons. The molecule has 1 fully saturated rings. The summed E-state index contributed by atoms with van der Waals surface area (Å²) < 4.78 is 0. The van der Waals surface area contributed by atoms with E-state index in [2.05, 4.69) is 33.4 Å². The molecule has 0 aliphatic carbocycles. The second-order valence-corrected chi connectivity index (χ2v) is 8.03. The van der Waals surface area contributed by atoms with E-state index in [1.54, 1.807) is 30.4 Å². The highest BCUT2D eigenvalue weighted by Crippen LogP contribution is 2.26. The first-order valence-corrected chi connectivity index (χ1v) is 10.5. The van der Waals surface area contributed by atoms with E-state index < -0.39 is 0 Å². The molecule has 1 saturated heterocycles. The maximum absolute atomic E-state index is 11.7. The number of Topliss-reactive ketones (excluding diaryl/α,β-unsaturated/α-hetero) is 1. The van der Waals surface area contributed by atoms with Crippen molar-refractivity contribution in [2.75, 3.05) is 31.1 Å². The number of nitrogens with zero attached hydrogens (tertiary/aromatic N) is 4. The molecule has 3 aromatic rings. The molecular weight excluding hydrogens is 380 g/mol. The molecule has 0 amide bonds. The van der Waals surface area contributed by atoms with Gasteiger partial charge in [-0.25, -0.2) is 4.98 Å². The Kier molecular flexibility index (Phi) is 5.70. The van der Waals surface area contributed by atoms with Gasteiger partial charge in [0, 0.05) is 49.2 Å². The average Bonchev–Trinajstić information content (AvgIpc) is 3.23. The quantitative estimate of drug-likeness (QED) is 0.599. The maximum atomic E-state index is 11.7. The van der Waals surface area contributed by atoms with Gasteiger partial charge in [-0.3, -0.25) is 9.69 Å². The molecule has 5 nitrogen and oxygen atoms in total. The lowest BCUT2D eigenvalue weighted by atomic mass is 10.1. The highest BCUT2D eigenvalue weighted by atomic mass is 32.1. The number of piperazine rings is 1. The summed E-state index contributed by atoms with van der Waals surface area (Å²) in [6.07, 6.45) is 0. The van der Waals surface area contributed by atoms with Crippen LogP contribution < -0.4 is 4.90 Å². The van der Waals surface area contributed by atoms with Crippen LogP contribution >= 0.6 is 11.3 Å². The molecule has 1 aromatic heterocycles. The van der Waals surface area contributed by atoms with E-state index in [9.17, 15) is 10.1 Å². The van der Waals surface area contributed by atoms with E-state index in [0.29, 0.717) is 11.1 Å². The molecule has 0 bridgehead atoms. The van der Waals surface area contributed by atoms with Crippen LogP contribution in [0.4, 0.5) is 5.69 Å². The van der Waals surface area contributed by atoms with Crippen molar-refractivity contribution >= 4 is 22.8 Å². The summed E-state index contributed by atoms with van der Waals surface area (Å²) in [6.45, 7) is 5.83. The predicted molar refractivity (Wildman–Crippen MR) is 116 cm³/mol. The van der Waals surface area contributed by atoms with Crippen molar-refractivity contribution in [1.82, 2.24) is 9.88 Å². The van der Waals surface area contributed by atoms with Crippen LogP contribution in [-0.4, -0.2) is 41.8 Å². The number of benzene rings is 2. The molecule has 0 spiro atoms. The van der Waals surface area contributed by atoms with Crippen LogP contribution in [0.3, 0.4) is 0 Å². The molecule has 0 N–H and O–H groups in total. The number of anilines is 1. The zero-order valence-electron chi connectivity index (χ0n) is 16.3. The third-order valence-corrected chi connectivity index (χ3v) is 6.14. The first-order valence-electron chi connectivity index (χ1n) is 9.66. The molecule has 0 atom stereocenters. The van der Waals surface area contributed by atoms with Gasteiger partial charge in [0.2, 0.25) is 0 Å². The zero-order valence-corrected chi connectivity index (χ0v) is 17.2. The fraction of sp³-hybridized carbons (Fsp3) is 0.261. The number of carbonyl (C=O) groups is 1. The SMILES string of the molecule is CC(=O)c1ccc(C#N)c(N2CCN(Cc3csc(-c4ccccc4)n3)CC2)c1. The third kappa shape index (κ3) is 4.37. The van der Waals surface area contributed by atoms with Crippen molar-refractivity contribution in [2.24, 2.45) is 0 Å². The molecule has 0 unspecified atom stereocenters. The Bertz CT molecular complexity index is 1050. The normalized spacial score (nSPS) is 14.6. The van der Waals surface area contributed by atoms with Crippen molar-refractivity contribution in [3.8, 4) is 16.6 Å². The molecule has 0 saturated carbocycles. The minimum atomic E-state index is 0.0205. The first kappa shape index (κ1) is 19.3. The Morgan fingerprint density at radius 1 is 1.14 bits per heavy atom. The number of nitriles is 1. The summed E-state index contributed by atoms with van der Waals surface area (Å²) in [5.41, 5.74) is 4.38. The Balaban J connectivity index is 1.40. The van der Waals surface area contributed by atoms with Crippen molar-refractivity contribution in [3.63, 3.8) is 0 Å². The van der Waals surface area contributed by atoms with Gasteiger partial charge in [-0.15, -0.1) is 11.3 Å². The Hall–Kier alpha value is -3.01. The van der Waals surface area contributed by atoms with Gasteiger partial charge in [-0.2, -0.15) is 5.26 Å². The molecule has 2 aromatic carbocycles. The number of hydrogen-bond acceptors (Lipinski definition) is 6. The van der Waals surface area contributed by atoms with Gasteiger partial charge in [0.15, 0.2) is 5.78 Å². The van der Waals surface area contributed by atoms with E-state index in [1.165, 1.54) is 0 Å². The minimum absolute atomic E-state index is 0.0205. The molecule has 1 aliphatic heterocycles. The molecule has 1 aliphatic rings. The van der Waals surface area contributed by atoms with Gasteiger partial charge in [0.25, 0.3) is 0 Å². The van der Waals surface area contributed by atoms with Crippen LogP contribution in [0.2, 0.25) is 0 Å². The summed E-state index contributed by atoms with van der Waals surface area (Å²) in [6, 6.07) is 17.8. The van der Waals surface area contributed by atoms with Crippen molar-refractivity contribution < 1.29 is 4.79 Å². The summed E-state index contributed by atoms with van der Waals surface area (Å²) >= 11 is 1.68. The average molecular weight is 403 g/mol. The lowest BCUT2D eigenvalue weighted by molar-refractivity contribution is 0.101. The monoisotopic (exact) mass is 402 g/mol. The van der Waals surface area contributed by atoms with Crippen LogP contribution in [0.1, 0.15) is 28.5 Å². The Morgan fingerprint density at radius 3 is 2.59 bits per heavy atom.